The molecular weight excluding hydrogens is 318 g/mol. The molecule has 1 aliphatic carbocycles. The molecule has 7 heteroatoms. The summed E-state index contributed by atoms with van der Waals surface area (Å²) in [5.41, 5.74) is 2.60. The second-order valence-electron chi connectivity index (χ2n) is 6.88. The van der Waals surface area contributed by atoms with Gasteiger partial charge in [0.2, 0.25) is 5.91 Å². The Morgan fingerprint density at radius 2 is 2.12 bits per heavy atom. The van der Waals surface area contributed by atoms with Crippen molar-refractivity contribution < 1.29 is 9.59 Å². The fraction of sp³-hybridized carbons (Fsp3) is 0.444. The summed E-state index contributed by atoms with van der Waals surface area (Å²) in [7, 11) is 1.82. The maximum absolute atomic E-state index is 12.5. The number of hydrogen-bond acceptors (Lipinski definition) is 4. The van der Waals surface area contributed by atoms with Crippen molar-refractivity contribution in [2.24, 2.45) is 5.92 Å². The molecule has 2 aromatic heterocycles. The van der Waals surface area contributed by atoms with Crippen molar-refractivity contribution in [1.29, 1.82) is 0 Å². The first-order chi connectivity index (χ1) is 12.1. The van der Waals surface area contributed by atoms with E-state index in [-0.39, 0.29) is 23.8 Å². The molecule has 1 aliphatic heterocycles. The first-order valence-corrected chi connectivity index (χ1v) is 8.62. The number of nitrogens with one attached hydrogen (secondary N) is 2. The molecule has 1 saturated heterocycles. The van der Waals surface area contributed by atoms with E-state index >= 15 is 0 Å². The number of carbonyl (C=O) groups is 2. The van der Waals surface area contributed by atoms with Crippen molar-refractivity contribution in [2.75, 3.05) is 13.6 Å². The maximum Gasteiger partial charge on any atom is 0.254 e. The van der Waals surface area contributed by atoms with Crippen LogP contribution in [0.2, 0.25) is 0 Å². The lowest BCUT2D eigenvalue weighted by Gasteiger charge is -2.25. The summed E-state index contributed by atoms with van der Waals surface area (Å²) in [6, 6.07) is 3.81. The van der Waals surface area contributed by atoms with Crippen LogP contribution in [0.3, 0.4) is 0 Å². The number of aromatic nitrogens is 3. The molecule has 130 valence electrons. The van der Waals surface area contributed by atoms with E-state index in [2.05, 4.69) is 20.5 Å². The van der Waals surface area contributed by atoms with E-state index in [4.69, 9.17) is 0 Å². The largest absolute Gasteiger partial charge is 0.352 e. The lowest BCUT2D eigenvalue weighted by molar-refractivity contribution is -0.127. The molecule has 0 radical (unpaired) electrons. The Balaban J connectivity index is 1.46. The molecule has 2 aromatic rings. The molecule has 3 heterocycles. The Hall–Kier alpha value is -2.70. The van der Waals surface area contributed by atoms with Gasteiger partial charge in [0, 0.05) is 44.2 Å². The molecule has 25 heavy (non-hydrogen) atoms. The molecular formula is C18H21N5O2. The summed E-state index contributed by atoms with van der Waals surface area (Å²) in [5.74, 6) is 0.460. The van der Waals surface area contributed by atoms with Crippen LogP contribution < -0.4 is 5.32 Å². The van der Waals surface area contributed by atoms with Crippen LogP contribution in [-0.2, 0) is 4.79 Å². The Morgan fingerprint density at radius 1 is 1.36 bits per heavy atom. The number of carbonyl (C=O) groups excluding carboxylic acids is 2. The average molecular weight is 339 g/mol. The summed E-state index contributed by atoms with van der Waals surface area (Å²) in [4.78, 5) is 30.5. The Labute approximate surface area is 145 Å². The smallest absolute Gasteiger partial charge is 0.254 e. The predicted molar refractivity (Wildman–Crippen MR) is 90.8 cm³/mol. The third-order valence-electron chi connectivity index (χ3n) is 5.17. The highest BCUT2D eigenvalue weighted by molar-refractivity contribution is 5.95. The van der Waals surface area contributed by atoms with Gasteiger partial charge < -0.3 is 10.2 Å². The summed E-state index contributed by atoms with van der Waals surface area (Å²) < 4.78 is 0. The molecule has 0 bridgehead atoms. The van der Waals surface area contributed by atoms with Crippen LogP contribution in [0.25, 0.3) is 0 Å². The van der Waals surface area contributed by atoms with Gasteiger partial charge in [0.05, 0.1) is 23.5 Å². The first-order valence-electron chi connectivity index (χ1n) is 8.62. The van der Waals surface area contributed by atoms with Crippen LogP contribution in [0.1, 0.15) is 52.8 Å². The molecule has 2 atom stereocenters. The zero-order valence-electron chi connectivity index (χ0n) is 14.1. The van der Waals surface area contributed by atoms with Crippen LogP contribution in [0, 0.1) is 5.92 Å². The quantitative estimate of drug-likeness (QED) is 0.866. The summed E-state index contributed by atoms with van der Waals surface area (Å²) in [6.45, 7) is 0.456. The Morgan fingerprint density at radius 3 is 2.84 bits per heavy atom. The van der Waals surface area contributed by atoms with E-state index < -0.39 is 0 Å². The fourth-order valence-electron chi connectivity index (χ4n) is 3.67. The van der Waals surface area contributed by atoms with Gasteiger partial charge in [-0.3, -0.25) is 19.7 Å². The van der Waals surface area contributed by atoms with E-state index in [1.165, 1.54) is 0 Å². The number of likely N-dealkylation sites (tertiary alicyclic amines) is 1. The van der Waals surface area contributed by atoms with Crippen LogP contribution >= 0.6 is 0 Å². The predicted octanol–water partition coefficient (Wildman–Crippen LogP) is 1.63. The second-order valence-corrected chi connectivity index (χ2v) is 6.88. The number of H-pyrrole nitrogens is 1. The lowest BCUT2D eigenvalue weighted by Crippen LogP contribution is -2.32. The van der Waals surface area contributed by atoms with Gasteiger partial charge in [0.25, 0.3) is 5.91 Å². The molecule has 7 nitrogen and oxygen atoms in total. The van der Waals surface area contributed by atoms with Crippen molar-refractivity contribution >= 4 is 11.8 Å². The van der Waals surface area contributed by atoms with Gasteiger partial charge in [-0.25, -0.2) is 0 Å². The van der Waals surface area contributed by atoms with Crippen molar-refractivity contribution in [3.63, 3.8) is 0 Å². The molecule has 4 rings (SSSR count). The van der Waals surface area contributed by atoms with Gasteiger partial charge in [-0.05, 0) is 30.5 Å². The maximum atomic E-state index is 12.5. The summed E-state index contributed by atoms with van der Waals surface area (Å²) in [6.07, 6.45) is 7.70. The molecule has 2 amide bonds. The standard InChI is InChI=1S/C18H21N5O2/c1-23-15(24)8-13(17(23)12-4-6-19-7-5-12)9-20-18(25)14-10-21-22-16(14)11-2-3-11/h4-7,10-11,13,17H,2-3,8-9H2,1H3,(H,20,25)(H,21,22)/t13-,17-/m0/s1. The van der Waals surface area contributed by atoms with E-state index in [1.807, 2.05) is 19.2 Å². The minimum absolute atomic E-state index is 0.0388. The molecule has 2 aliphatic rings. The van der Waals surface area contributed by atoms with E-state index in [0.29, 0.717) is 24.4 Å². The van der Waals surface area contributed by atoms with Crippen LogP contribution in [0.5, 0.6) is 0 Å². The summed E-state index contributed by atoms with van der Waals surface area (Å²) in [5, 5.41) is 9.96. The highest BCUT2D eigenvalue weighted by Gasteiger charge is 2.38. The third kappa shape index (κ3) is 3.01. The Kier molecular flexibility index (Phi) is 3.99. The minimum atomic E-state index is -0.119. The molecule has 0 spiro atoms. The van der Waals surface area contributed by atoms with Crippen molar-refractivity contribution in [3.8, 4) is 0 Å². The lowest BCUT2D eigenvalue weighted by atomic mass is 9.94. The minimum Gasteiger partial charge on any atom is -0.352 e. The van der Waals surface area contributed by atoms with Crippen molar-refractivity contribution in [1.82, 2.24) is 25.4 Å². The number of amides is 2. The number of pyridine rings is 1. The zero-order valence-corrected chi connectivity index (χ0v) is 14.1. The zero-order chi connectivity index (χ0) is 17.4. The van der Waals surface area contributed by atoms with Crippen molar-refractivity contribution in [3.05, 3.63) is 47.5 Å². The van der Waals surface area contributed by atoms with Gasteiger partial charge in [0.15, 0.2) is 0 Å². The fourth-order valence-corrected chi connectivity index (χ4v) is 3.67. The summed E-state index contributed by atoms with van der Waals surface area (Å²) >= 11 is 0. The van der Waals surface area contributed by atoms with Gasteiger partial charge >= 0.3 is 0 Å². The van der Waals surface area contributed by atoms with Gasteiger partial charge in [-0.1, -0.05) is 0 Å². The number of aromatic amines is 1. The monoisotopic (exact) mass is 339 g/mol. The average Bonchev–Trinajstić information content (AvgIpc) is 3.28. The van der Waals surface area contributed by atoms with Crippen LogP contribution in [-0.4, -0.2) is 45.5 Å². The van der Waals surface area contributed by atoms with E-state index in [0.717, 1.165) is 24.1 Å². The van der Waals surface area contributed by atoms with Gasteiger partial charge in [0.1, 0.15) is 0 Å². The molecule has 0 unspecified atom stereocenters. The molecule has 1 saturated carbocycles. The topological polar surface area (TPSA) is 91.0 Å². The Bertz CT molecular complexity index is 784. The third-order valence-corrected chi connectivity index (χ3v) is 5.17. The molecule has 2 N–H and O–H groups in total. The van der Waals surface area contributed by atoms with Crippen LogP contribution in [0.15, 0.2) is 30.7 Å². The molecule has 0 aromatic carbocycles. The van der Waals surface area contributed by atoms with E-state index in [9.17, 15) is 9.59 Å². The van der Waals surface area contributed by atoms with Gasteiger partial charge in [-0.2, -0.15) is 5.10 Å². The van der Waals surface area contributed by atoms with E-state index in [1.54, 1.807) is 23.5 Å². The van der Waals surface area contributed by atoms with Gasteiger partial charge in [-0.15, -0.1) is 0 Å². The number of hydrogen-bond donors (Lipinski definition) is 2. The van der Waals surface area contributed by atoms with Crippen LogP contribution in [0.4, 0.5) is 0 Å². The number of nitrogens with zero attached hydrogens (tertiary/aromatic N) is 3. The highest BCUT2D eigenvalue weighted by atomic mass is 16.2. The molecule has 2 fully saturated rings. The normalized spacial score (nSPS) is 23.1. The van der Waals surface area contributed by atoms with Crippen molar-refractivity contribution in [2.45, 2.75) is 31.2 Å². The second kappa shape index (κ2) is 6.31. The number of rotatable bonds is 5. The SMILES string of the molecule is CN1C(=O)C[C@@H](CNC(=O)c2cn[nH]c2C2CC2)[C@@H]1c1ccncc1. The highest BCUT2D eigenvalue weighted by Crippen LogP contribution is 2.40. The first kappa shape index (κ1) is 15.8.